The van der Waals surface area contributed by atoms with E-state index in [4.69, 9.17) is 0 Å². The third-order valence-electron chi connectivity index (χ3n) is 4.05. The van der Waals surface area contributed by atoms with Crippen molar-refractivity contribution in [3.8, 4) is 0 Å². The summed E-state index contributed by atoms with van der Waals surface area (Å²) in [6.07, 6.45) is 1.99. The molecule has 1 aliphatic rings. The predicted octanol–water partition coefficient (Wildman–Crippen LogP) is 2.06. The molecule has 0 fully saturated rings. The summed E-state index contributed by atoms with van der Waals surface area (Å²) in [5.41, 5.74) is 2.53. The van der Waals surface area contributed by atoms with Crippen molar-refractivity contribution in [1.82, 2.24) is 5.32 Å². The lowest BCUT2D eigenvalue weighted by molar-refractivity contribution is 0.404. The molecule has 1 aromatic carbocycles. The minimum Gasteiger partial charge on any atom is -0.370 e. The van der Waals surface area contributed by atoms with Crippen LogP contribution in [-0.2, 0) is 16.4 Å². The Labute approximate surface area is 128 Å². The molecule has 0 radical (unpaired) electrons. The molecule has 21 heavy (non-hydrogen) atoms. The molecular formula is C16H26N2O2S. The SMILES string of the molecule is CC(C)C1CN(CCCS(C)(=O)=O)c2ccccc2CN1. The summed E-state index contributed by atoms with van der Waals surface area (Å²) < 4.78 is 22.7. The van der Waals surface area contributed by atoms with Crippen LogP contribution in [0.25, 0.3) is 0 Å². The van der Waals surface area contributed by atoms with E-state index in [9.17, 15) is 8.42 Å². The second kappa shape index (κ2) is 6.79. The van der Waals surface area contributed by atoms with Gasteiger partial charge in [-0.15, -0.1) is 0 Å². The number of rotatable bonds is 5. The number of fused-ring (bicyclic) bond motifs is 1. The summed E-state index contributed by atoms with van der Waals surface area (Å²) in [6, 6.07) is 8.83. The molecule has 5 heteroatoms. The van der Waals surface area contributed by atoms with E-state index in [0.717, 1.165) is 19.6 Å². The highest BCUT2D eigenvalue weighted by Crippen LogP contribution is 2.25. The van der Waals surface area contributed by atoms with Gasteiger partial charge in [0.25, 0.3) is 0 Å². The van der Waals surface area contributed by atoms with E-state index in [1.54, 1.807) is 0 Å². The van der Waals surface area contributed by atoms with E-state index in [2.05, 4.69) is 48.3 Å². The number of nitrogens with zero attached hydrogens (tertiary/aromatic N) is 1. The molecule has 4 nitrogen and oxygen atoms in total. The average molecular weight is 310 g/mol. The minimum absolute atomic E-state index is 0.255. The Balaban J connectivity index is 2.14. The molecule has 0 aliphatic carbocycles. The number of hydrogen-bond acceptors (Lipinski definition) is 4. The highest BCUT2D eigenvalue weighted by Gasteiger charge is 2.23. The van der Waals surface area contributed by atoms with Gasteiger partial charge in [0.2, 0.25) is 0 Å². The summed E-state index contributed by atoms with van der Waals surface area (Å²) in [6.45, 7) is 7.04. The first-order chi connectivity index (χ1) is 9.87. The number of nitrogens with one attached hydrogen (secondary N) is 1. The fraction of sp³-hybridized carbons (Fsp3) is 0.625. The number of benzene rings is 1. The van der Waals surface area contributed by atoms with Gasteiger partial charge in [-0.3, -0.25) is 0 Å². The van der Waals surface area contributed by atoms with E-state index >= 15 is 0 Å². The van der Waals surface area contributed by atoms with Gasteiger partial charge in [-0.25, -0.2) is 8.42 Å². The van der Waals surface area contributed by atoms with Crippen LogP contribution in [0.1, 0.15) is 25.8 Å². The van der Waals surface area contributed by atoms with Crippen molar-refractivity contribution in [3.05, 3.63) is 29.8 Å². The summed E-state index contributed by atoms with van der Waals surface area (Å²) in [7, 11) is -2.88. The third kappa shape index (κ3) is 4.71. The monoisotopic (exact) mass is 310 g/mol. The van der Waals surface area contributed by atoms with Gasteiger partial charge in [-0.1, -0.05) is 32.0 Å². The van der Waals surface area contributed by atoms with Crippen molar-refractivity contribution >= 4 is 15.5 Å². The molecule has 0 saturated heterocycles. The van der Waals surface area contributed by atoms with Crippen molar-refractivity contribution < 1.29 is 8.42 Å². The highest BCUT2D eigenvalue weighted by atomic mass is 32.2. The summed E-state index contributed by atoms with van der Waals surface area (Å²) in [4.78, 5) is 2.34. The number of sulfone groups is 1. The zero-order valence-electron chi connectivity index (χ0n) is 13.2. The molecule has 118 valence electrons. The van der Waals surface area contributed by atoms with Crippen LogP contribution in [0.5, 0.6) is 0 Å². The molecule has 1 atom stereocenters. The topological polar surface area (TPSA) is 49.4 Å². The van der Waals surface area contributed by atoms with Crippen LogP contribution in [0, 0.1) is 5.92 Å². The van der Waals surface area contributed by atoms with Gasteiger partial charge in [0.15, 0.2) is 0 Å². The average Bonchev–Trinajstić information content (AvgIpc) is 2.58. The molecule has 0 spiro atoms. The van der Waals surface area contributed by atoms with Crippen LogP contribution < -0.4 is 10.2 Å². The Morgan fingerprint density at radius 3 is 2.71 bits per heavy atom. The first kappa shape index (κ1) is 16.3. The number of para-hydroxylation sites is 1. The molecule has 2 rings (SSSR count). The van der Waals surface area contributed by atoms with E-state index in [0.29, 0.717) is 18.4 Å². The maximum atomic E-state index is 11.3. The molecule has 0 bridgehead atoms. The quantitative estimate of drug-likeness (QED) is 0.904. The van der Waals surface area contributed by atoms with Crippen LogP contribution in [0.2, 0.25) is 0 Å². The largest absolute Gasteiger partial charge is 0.370 e. The van der Waals surface area contributed by atoms with E-state index in [-0.39, 0.29) is 5.75 Å². The lowest BCUT2D eigenvalue weighted by Crippen LogP contribution is -2.42. The van der Waals surface area contributed by atoms with Gasteiger partial charge >= 0.3 is 0 Å². The Morgan fingerprint density at radius 2 is 2.05 bits per heavy atom. The molecule has 0 aromatic heterocycles. The van der Waals surface area contributed by atoms with Crippen LogP contribution in [0.4, 0.5) is 5.69 Å². The second-order valence-corrected chi connectivity index (χ2v) is 8.55. The van der Waals surface area contributed by atoms with Crippen LogP contribution >= 0.6 is 0 Å². The molecule has 1 aromatic rings. The fourth-order valence-corrected chi connectivity index (χ4v) is 3.44. The molecular weight excluding hydrogens is 284 g/mol. The van der Waals surface area contributed by atoms with Crippen molar-refractivity contribution in [1.29, 1.82) is 0 Å². The van der Waals surface area contributed by atoms with Crippen LogP contribution in [-0.4, -0.2) is 39.6 Å². The Morgan fingerprint density at radius 1 is 1.33 bits per heavy atom. The molecule has 0 saturated carbocycles. The highest BCUT2D eigenvalue weighted by molar-refractivity contribution is 7.90. The van der Waals surface area contributed by atoms with Gasteiger partial charge in [0.05, 0.1) is 5.75 Å². The van der Waals surface area contributed by atoms with Crippen LogP contribution in [0.3, 0.4) is 0 Å². The van der Waals surface area contributed by atoms with E-state index in [1.807, 2.05) is 0 Å². The lowest BCUT2D eigenvalue weighted by atomic mass is 10.0. The Hall–Kier alpha value is -1.07. The predicted molar refractivity (Wildman–Crippen MR) is 88.4 cm³/mol. The third-order valence-corrected chi connectivity index (χ3v) is 5.08. The Kier molecular flexibility index (Phi) is 5.27. The normalized spacial score (nSPS) is 19.4. The lowest BCUT2D eigenvalue weighted by Gasteiger charge is -2.29. The molecule has 1 heterocycles. The Bertz CT molecular complexity index is 569. The first-order valence-electron chi connectivity index (χ1n) is 7.61. The van der Waals surface area contributed by atoms with Crippen LogP contribution in [0.15, 0.2) is 24.3 Å². The second-order valence-electron chi connectivity index (χ2n) is 6.29. The zero-order chi connectivity index (χ0) is 15.5. The van der Waals surface area contributed by atoms with Gasteiger partial charge in [-0.2, -0.15) is 0 Å². The maximum absolute atomic E-state index is 11.3. The molecule has 1 aliphatic heterocycles. The summed E-state index contributed by atoms with van der Waals surface area (Å²) in [5, 5.41) is 3.61. The van der Waals surface area contributed by atoms with Gasteiger partial charge in [-0.05, 0) is 24.0 Å². The van der Waals surface area contributed by atoms with Gasteiger partial charge in [0.1, 0.15) is 9.84 Å². The van der Waals surface area contributed by atoms with Crippen molar-refractivity contribution in [2.75, 3.05) is 30.0 Å². The number of anilines is 1. The summed E-state index contributed by atoms with van der Waals surface area (Å²) in [5.74, 6) is 0.808. The smallest absolute Gasteiger partial charge is 0.147 e. The van der Waals surface area contributed by atoms with Crippen molar-refractivity contribution in [3.63, 3.8) is 0 Å². The maximum Gasteiger partial charge on any atom is 0.147 e. The first-order valence-corrected chi connectivity index (χ1v) is 9.67. The van der Waals surface area contributed by atoms with Crippen molar-refractivity contribution in [2.24, 2.45) is 5.92 Å². The summed E-state index contributed by atoms with van der Waals surface area (Å²) >= 11 is 0. The van der Waals surface area contributed by atoms with E-state index in [1.165, 1.54) is 17.5 Å². The molecule has 1 N–H and O–H groups in total. The zero-order valence-corrected chi connectivity index (χ0v) is 14.0. The van der Waals surface area contributed by atoms with Gasteiger partial charge < -0.3 is 10.2 Å². The molecule has 0 amide bonds. The fourth-order valence-electron chi connectivity index (χ4n) is 2.79. The van der Waals surface area contributed by atoms with E-state index < -0.39 is 9.84 Å². The standard InChI is InChI=1S/C16H26N2O2S/c1-13(2)15-12-18(9-6-10-21(3,19)20)16-8-5-4-7-14(16)11-17-15/h4-5,7-8,13,15,17H,6,9-12H2,1-3H3. The van der Waals surface area contributed by atoms with Gasteiger partial charge in [0, 0.05) is 37.6 Å². The van der Waals surface area contributed by atoms with Crippen molar-refractivity contribution in [2.45, 2.75) is 32.9 Å². The molecule has 1 unspecified atom stereocenters. The number of hydrogen-bond donors (Lipinski definition) is 1. The minimum atomic E-state index is -2.88.